The summed E-state index contributed by atoms with van der Waals surface area (Å²) in [5.41, 5.74) is 0.403. The van der Waals surface area contributed by atoms with Crippen molar-refractivity contribution in [1.29, 1.82) is 5.26 Å². The van der Waals surface area contributed by atoms with Crippen LogP contribution >= 0.6 is 0 Å². The van der Waals surface area contributed by atoms with Crippen molar-refractivity contribution in [2.75, 3.05) is 23.3 Å². The van der Waals surface area contributed by atoms with E-state index in [1.165, 1.54) is 12.8 Å². The van der Waals surface area contributed by atoms with Gasteiger partial charge in [-0.3, -0.25) is 0 Å². The monoisotopic (exact) mass is 321 g/mol. The Morgan fingerprint density at radius 1 is 1.12 bits per heavy atom. The molecule has 2 aromatic rings. The molecular formula is C17H19N7. The Labute approximate surface area is 140 Å². The van der Waals surface area contributed by atoms with E-state index in [0.29, 0.717) is 17.6 Å². The van der Waals surface area contributed by atoms with Gasteiger partial charge in [-0.15, -0.1) is 0 Å². The van der Waals surface area contributed by atoms with Gasteiger partial charge in [-0.25, -0.2) is 19.9 Å². The second-order valence-electron chi connectivity index (χ2n) is 6.36. The highest BCUT2D eigenvalue weighted by Crippen LogP contribution is 2.38. The highest BCUT2D eigenvalue weighted by molar-refractivity contribution is 5.39. The van der Waals surface area contributed by atoms with Crippen LogP contribution in [-0.2, 0) is 0 Å². The van der Waals surface area contributed by atoms with Gasteiger partial charge in [0.05, 0.1) is 0 Å². The zero-order valence-corrected chi connectivity index (χ0v) is 13.4. The van der Waals surface area contributed by atoms with E-state index in [9.17, 15) is 0 Å². The molecule has 1 saturated carbocycles. The zero-order chi connectivity index (χ0) is 16.4. The van der Waals surface area contributed by atoms with Crippen LogP contribution in [0.4, 0.5) is 11.8 Å². The normalized spacial score (nSPS) is 20.5. The average molecular weight is 321 g/mol. The number of nitriles is 1. The van der Waals surface area contributed by atoms with E-state index in [1.54, 1.807) is 12.3 Å². The topological polar surface area (TPSA) is 90.6 Å². The average Bonchev–Trinajstić information content (AvgIpc) is 3.47. The Morgan fingerprint density at radius 2 is 2.00 bits per heavy atom. The molecule has 0 amide bonds. The summed E-state index contributed by atoms with van der Waals surface area (Å²) in [5, 5.41) is 12.5. The van der Waals surface area contributed by atoms with Gasteiger partial charge in [-0.2, -0.15) is 5.26 Å². The second-order valence-corrected chi connectivity index (χ2v) is 6.36. The molecule has 1 N–H and O–H groups in total. The quantitative estimate of drug-likeness (QED) is 0.922. The Hall–Kier alpha value is -2.75. The summed E-state index contributed by atoms with van der Waals surface area (Å²) >= 11 is 0. The Bertz CT molecular complexity index is 766. The van der Waals surface area contributed by atoms with E-state index < -0.39 is 0 Å². The first-order valence-electron chi connectivity index (χ1n) is 8.39. The van der Waals surface area contributed by atoms with E-state index in [-0.39, 0.29) is 6.04 Å². The predicted molar refractivity (Wildman–Crippen MR) is 89.6 cm³/mol. The van der Waals surface area contributed by atoms with Gasteiger partial charge in [0.2, 0.25) is 5.95 Å². The molecule has 0 bridgehead atoms. The molecule has 0 aromatic carbocycles. The minimum Gasteiger partial charge on any atom is -0.365 e. The van der Waals surface area contributed by atoms with E-state index in [4.69, 9.17) is 5.26 Å². The Kier molecular flexibility index (Phi) is 3.95. The van der Waals surface area contributed by atoms with Gasteiger partial charge in [-0.05, 0) is 37.8 Å². The molecule has 1 aliphatic heterocycles. The van der Waals surface area contributed by atoms with Gasteiger partial charge in [0.25, 0.3) is 0 Å². The second kappa shape index (κ2) is 6.40. The Morgan fingerprint density at radius 3 is 2.83 bits per heavy atom. The fourth-order valence-electron chi connectivity index (χ4n) is 3.04. The molecule has 1 unspecified atom stereocenters. The molecule has 7 nitrogen and oxygen atoms in total. The number of rotatable bonds is 4. The maximum atomic E-state index is 9.00. The smallest absolute Gasteiger partial charge is 0.226 e. The molecule has 1 atom stereocenters. The van der Waals surface area contributed by atoms with Crippen LogP contribution in [0.3, 0.4) is 0 Å². The highest BCUT2D eigenvalue weighted by atomic mass is 15.3. The van der Waals surface area contributed by atoms with Crippen molar-refractivity contribution in [2.24, 2.45) is 0 Å². The molecule has 1 saturated heterocycles. The third kappa shape index (κ3) is 3.27. The van der Waals surface area contributed by atoms with Crippen LogP contribution in [0.1, 0.15) is 43.1 Å². The van der Waals surface area contributed by atoms with E-state index in [1.807, 2.05) is 12.3 Å². The lowest BCUT2D eigenvalue weighted by atomic mass is 10.1. The van der Waals surface area contributed by atoms with Gasteiger partial charge < -0.3 is 10.2 Å². The van der Waals surface area contributed by atoms with Gasteiger partial charge >= 0.3 is 0 Å². The molecule has 24 heavy (non-hydrogen) atoms. The van der Waals surface area contributed by atoms with Crippen molar-refractivity contribution in [3.05, 3.63) is 36.0 Å². The standard InChI is InChI=1S/C17H19N7/c18-10-13-5-7-20-17(22-13)24-9-1-2-14(11-24)21-15-6-8-19-16(23-15)12-3-4-12/h5-8,12,14H,1-4,9,11H2,(H,19,21,23). The lowest BCUT2D eigenvalue weighted by Gasteiger charge is -2.33. The summed E-state index contributed by atoms with van der Waals surface area (Å²) < 4.78 is 0. The number of hydrogen-bond acceptors (Lipinski definition) is 7. The van der Waals surface area contributed by atoms with Crippen LogP contribution in [0.15, 0.2) is 24.5 Å². The zero-order valence-electron chi connectivity index (χ0n) is 13.4. The van der Waals surface area contributed by atoms with E-state index >= 15 is 0 Å². The molecule has 122 valence electrons. The molecule has 0 spiro atoms. The van der Waals surface area contributed by atoms with Crippen LogP contribution in [0, 0.1) is 11.3 Å². The van der Waals surface area contributed by atoms with Crippen molar-refractivity contribution in [1.82, 2.24) is 19.9 Å². The fraction of sp³-hybridized carbons (Fsp3) is 0.471. The molecule has 2 aliphatic rings. The molecule has 1 aliphatic carbocycles. The number of aromatic nitrogens is 4. The van der Waals surface area contributed by atoms with Crippen LogP contribution in [0.25, 0.3) is 0 Å². The van der Waals surface area contributed by atoms with Gasteiger partial charge in [0.1, 0.15) is 23.4 Å². The highest BCUT2D eigenvalue weighted by Gasteiger charge is 2.27. The molecule has 2 fully saturated rings. The Balaban J connectivity index is 1.44. The number of nitrogens with one attached hydrogen (secondary N) is 1. The summed E-state index contributed by atoms with van der Waals surface area (Å²) in [7, 11) is 0. The van der Waals surface area contributed by atoms with Crippen LogP contribution in [0.2, 0.25) is 0 Å². The fourth-order valence-corrected chi connectivity index (χ4v) is 3.04. The third-order valence-corrected chi connectivity index (χ3v) is 4.43. The van der Waals surface area contributed by atoms with Crippen LogP contribution < -0.4 is 10.2 Å². The lowest BCUT2D eigenvalue weighted by molar-refractivity contribution is 0.521. The van der Waals surface area contributed by atoms with Crippen molar-refractivity contribution in [3.63, 3.8) is 0 Å². The van der Waals surface area contributed by atoms with Crippen molar-refractivity contribution < 1.29 is 0 Å². The molecule has 4 rings (SSSR count). The number of nitrogens with zero attached hydrogens (tertiary/aromatic N) is 6. The number of anilines is 2. The lowest BCUT2D eigenvalue weighted by Crippen LogP contribution is -2.43. The van der Waals surface area contributed by atoms with Crippen LogP contribution in [0.5, 0.6) is 0 Å². The predicted octanol–water partition coefficient (Wildman–Crippen LogP) is 2.10. The first-order chi connectivity index (χ1) is 11.8. The largest absolute Gasteiger partial charge is 0.365 e. The number of hydrogen-bond donors (Lipinski definition) is 1. The summed E-state index contributed by atoms with van der Waals surface area (Å²) in [4.78, 5) is 19.7. The molecule has 7 heteroatoms. The molecule has 0 radical (unpaired) electrons. The van der Waals surface area contributed by atoms with Gasteiger partial charge in [-0.1, -0.05) is 0 Å². The summed E-state index contributed by atoms with van der Waals surface area (Å²) in [6.07, 6.45) is 8.02. The molecule has 3 heterocycles. The first kappa shape index (κ1) is 14.8. The summed E-state index contributed by atoms with van der Waals surface area (Å²) in [6, 6.07) is 5.91. The first-order valence-corrected chi connectivity index (χ1v) is 8.39. The van der Waals surface area contributed by atoms with Crippen molar-refractivity contribution in [3.8, 4) is 6.07 Å². The maximum absolute atomic E-state index is 9.00. The maximum Gasteiger partial charge on any atom is 0.226 e. The SMILES string of the molecule is N#Cc1ccnc(N2CCCC(Nc3ccnc(C4CC4)n3)C2)n1. The number of piperidine rings is 1. The summed E-state index contributed by atoms with van der Waals surface area (Å²) in [6.45, 7) is 1.71. The minimum absolute atomic E-state index is 0.287. The summed E-state index contributed by atoms with van der Waals surface area (Å²) in [5.74, 6) is 3.03. The van der Waals surface area contributed by atoms with Crippen LogP contribution in [-0.4, -0.2) is 39.1 Å². The minimum atomic E-state index is 0.287. The van der Waals surface area contributed by atoms with E-state index in [2.05, 4.69) is 36.2 Å². The van der Waals surface area contributed by atoms with Gasteiger partial charge in [0, 0.05) is 37.4 Å². The third-order valence-electron chi connectivity index (χ3n) is 4.43. The van der Waals surface area contributed by atoms with Crippen molar-refractivity contribution >= 4 is 11.8 Å². The van der Waals surface area contributed by atoms with Gasteiger partial charge in [0.15, 0.2) is 0 Å². The molecule has 2 aromatic heterocycles. The molecular weight excluding hydrogens is 302 g/mol. The van der Waals surface area contributed by atoms with Crippen molar-refractivity contribution in [2.45, 2.75) is 37.6 Å². The van der Waals surface area contributed by atoms with E-state index in [0.717, 1.165) is 37.6 Å².